The summed E-state index contributed by atoms with van der Waals surface area (Å²) in [6, 6.07) is 13.6. The van der Waals surface area contributed by atoms with Crippen molar-refractivity contribution in [1.29, 1.82) is 0 Å². The molecule has 166 valence electrons. The minimum Gasteiger partial charge on any atom is -0.481 e. The SMILES string of the molecule is COc1ccc(-c2cc(C(C)=O)cnc2NC2CN(c3ccc4nc(Br)ccc4n3)C2)cn1. The van der Waals surface area contributed by atoms with Crippen LogP contribution in [0.3, 0.4) is 0 Å². The van der Waals surface area contributed by atoms with Crippen LogP contribution in [-0.4, -0.2) is 52.0 Å². The van der Waals surface area contributed by atoms with Crippen LogP contribution in [0.25, 0.3) is 22.2 Å². The third-order valence-corrected chi connectivity index (χ3v) is 6.03. The van der Waals surface area contributed by atoms with E-state index >= 15 is 0 Å². The monoisotopic (exact) mass is 504 g/mol. The Kier molecular flexibility index (Phi) is 5.63. The maximum atomic E-state index is 11.9. The van der Waals surface area contributed by atoms with Gasteiger partial charge >= 0.3 is 0 Å². The number of hydrogen-bond acceptors (Lipinski definition) is 8. The number of Topliss-reactive ketones (excluding diaryl/α,β-unsaturated/α-hetero) is 1. The molecule has 4 aromatic heterocycles. The van der Waals surface area contributed by atoms with Gasteiger partial charge in [0.1, 0.15) is 16.2 Å². The Balaban J connectivity index is 1.34. The number of ketones is 1. The molecule has 1 N–H and O–H groups in total. The van der Waals surface area contributed by atoms with E-state index in [0.717, 1.165) is 51.5 Å². The molecule has 5 rings (SSSR count). The number of aromatic nitrogens is 4. The number of pyridine rings is 4. The molecule has 0 atom stereocenters. The highest BCUT2D eigenvalue weighted by atomic mass is 79.9. The number of fused-ring (bicyclic) bond motifs is 1. The summed E-state index contributed by atoms with van der Waals surface area (Å²) < 4.78 is 5.96. The van der Waals surface area contributed by atoms with Crippen LogP contribution >= 0.6 is 15.9 Å². The van der Waals surface area contributed by atoms with Crippen molar-refractivity contribution in [2.75, 3.05) is 30.4 Å². The van der Waals surface area contributed by atoms with E-state index in [9.17, 15) is 4.79 Å². The minimum absolute atomic E-state index is 0.0320. The van der Waals surface area contributed by atoms with E-state index in [1.165, 1.54) is 6.92 Å². The van der Waals surface area contributed by atoms with Gasteiger partial charge in [0, 0.05) is 48.2 Å². The number of nitrogens with one attached hydrogen (secondary N) is 1. The van der Waals surface area contributed by atoms with Crippen LogP contribution in [0, 0.1) is 0 Å². The fraction of sp³-hybridized carbons (Fsp3) is 0.208. The first-order valence-electron chi connectivity index (χ1n) is 10.5. The van der Waals surface area contributed by atoms with Gasteiger partial charge in [-0.2, -0.15) is 0 Å². The van der Waals surface area contributed by atoms with Crippen molar-refractivity contribution in [2.24, 2.45) is 0 Å². The first-order valence-corrected chi connectivity index (χ1v) is 11.3. The van der Waals surface area contributed by atoms with Crippen molar-refractivity contribution >= 4 is 44.4 Å². The molecule has 33 heavy (non-hydrogen) atoms. The molecule has 0 radical (unpaired) electrons. The molecule has 1 saturated heterocycles. The summed E-state index contributed by atoms with van der Waals surface area (Å²) in [6.07, 6.45) is 3.33. The van der Waals surface area contributed by atoms with Crippen molar-refractivity contribution in [3.63, 3.8) is 0 Å². The summed E-state index contributed by atoms with van der Waals surface area (Å²) >= 11 is 3.39. The molecular weight excluding hydrogens is 484 g/mol. The number of hydrogen-bond donors (Lipinski definition) is 1. The van der Waals surface area contributed by atoms with Gasteiger partial charge in [0.05, 0.1) is 24.2 Å². The molecule has 8 nitrogen and oxygen atoms in total. The number of ether oxygens (including phenoxy) is 1. The van der Waals surface area contributed by atoms with Gasteiger partial charge < -0.3 is 15.0 Å². The number of halogens is 1. The van der Waals surface area contributed by atoms with Crippen LogP contribution in [0.4, 0.5) is 11.6 Å². The number of rotatable bonds is 6. The predicted molar refractivity (Wildman–Crippen MR) is 131 cm³/mol. The summed E-state index contributed by atoms with van der Waals surface area (Å²) in [5, 5.41) is 3.52. The Morgan fingerprint density at radius 3 is 2.58 bits per heavy atom. The molecule has 0 aromatic carbocycles. The van der Waals surface area contributed by atoms with Crippen molar-refractivity contribution in [2.45, 2.75) is 13.0 Å². The van der Waals surface area contributed by atoms with Gasteiger partial charge in [0.25, 0.3) is 0 Å². The molecule has 0 aliphatic carbocycles. The van der Waals surface area contributed by atoms with Crippen LogP contribution in [0.2, 0.25) is 0 Å². The van der Waals surface area contributed by atoms with E-state index in [2.05, 4.69) is 41.1 Å². The van der Waals surface area contributed by atoms with E-state index in [1.54, 1.807) is 25.6 Å². The zero-order chi connectivity index (χ0) is 22.9. The third kappa shape index (κ3) is 4.36. The van der Waals surface area contributed by atoms with Crippen LogP contribution in [-0.2, 0) is 0 Å². The minimum atomic E-state index is -0.0320. The zero-order valence-corrected chi connectivity index (χ0v) is 19.7. The highest BCUT2D eigenvalue weighted by Gasteiger charge is 2.29. The van der Waals surface area contributed by atoms with Crippen molar-refractivity contribution in [3.8, 4) is 17.0 Å². The Morgan fingerprint density at radius 1 is 1.06 bits per heavy atom. The highest BCUT2D eigenvalue weighted by molar-refractivity contribution is 9.10. The second-order valence-electron chi connectivity index (χ2n) is 7.85. The van der Waals surface area contributed by atoms with E-state index in [-0.39, 0.29) is 11.8 Å². The Bertz CT molecular complexity index is 1340. The molecule has 4 aromatic rings. The Morgan fingerprint density at radius 2 is 1.85 bits per heavy atom. The van der Waals surface area contributed by atoms with Crippen LogP contribution in [0.5, 0.6) is 5.88 Å². The lowest BCUT2D eigenvalue weighted by Crippen LogP contribution is -2.55. The first kappa shape index (κ1) is 21.3. The summed E-state index contributed by atoms with van der Waals surface area (Å²) in [7, 11) is 1.58. The quantitative estimate of drug-likeness (QED) is 0.305. The zero-order valence-electron chi connectivity index (χ0n) is 18.1. The van der Waals surface area contributed by atoms with Gasteiger partial charge in [-0.3, -0.25) is 4.79 Å². The molecule has 0 unspecified atom stereocenters. The fourth-order valence-corrected chi connectivity index (χ4v) is 4.08. The van der Waals surface area contributed by atoms with E-state index in [4.69, 9.17) is 9.72 Å². The van der Waals surface area contributed by atoms with E-state index in [0.29, 0.717) is 11.4 Å². The molecule has 0 bridgehead atoms. The molecule has 5 heterocycles. The van der Waals surface area contributed by atoms with Crippen molar-refractivity contribution in [3.05, 3.63) is 65.0 Å². The second-order valence-corrected chi connectivity index (χ2v) is 8.67. The lowest BCUT2D eigenvalue weighted by molar-refractivity contribution is 0.101. The molecule has 0 spiro atoms. The molecule has 1 aliphatic rings. The number of nitrogens with zero attached hydrogens (tertiary/aromatic N) is 5. The van der Waals surface area contributed by atoms with Gasteiger partial charge in [-0.25, -0.2) is 19.9 Å². The van der Waals surface area contributed by atoms with Gasteiger partial charge in [-0.1, -0.05) is 0 Å². The second kappa shape index (κ2) is 8.74. The van der Waals surface area contributed by atoms with Crippen molar-refractivity contribution in [1.82, 2.24) is 19.9 Å². The van der Waals surface area contributed by atoms with Crippen LogP contribution in [0.1, 0.15) is 17.3 Å². The fourth-order valence-electron chi connectivity index (χ4n) is 3.75. The molecule has 1 fully saturated rings. The third-order valence-electron chi connectivity index (χ3n) is 5.59. The standard InChI is InChI=1S/C24H21BrN6O2/c1-14(32)16-9-18(15-3-8-23(33-2)26-10-15)24(27-11-16)28-17-12-31(13-17)22-7-5-19-20(30-22)4-6-21(25)29-19/h3-11,17H,12-13H2,1-2H3,(H,27,28). The van der Waals surface area contributed by atoms with Crippen molar-refractivity contribution < 1.29 is 9.53 Å². The normalized spacial score (nSPS) is 13.6. The average molecular weight is 505 g/mol. The summed E-state index contributed by atoms with van der Waals surface area (Å²) in [5.41, 5.74) is 3.97. The van der Waals surface area contributed by atoms with Crippen LogP contribution in [0.15, 0.2) is 59.5 Å². The number of methoxy groups -OCH3 is 1. The highest BCUT2D eigenvalue weighted by Crippen LogP contribution is 2.30. The molecule has 0 saturated carbocycles. The molecule has 0 amide bonds. The molecule has 1 aliphatic heterocycles. The molecular formula is C24H21BrN6O2. The smallest absolute Gasteiger partial charge is 0.212 e. The predicted octanol–water partition coefficient (Wildman–Crippen LogP) is 4.36. The average Bonchev–Trinajstić information content (AvgIpc) is 2.81. The Labute approximate surface area is 199 Å². The maximum Gasteiger partial charge on any atom is 0.212 e. The number of anilines is 2. The summed E-state index contributed by atoms with van der Waals surface area (Å²) in [4.78, 5) is 32.1. The van der Waals surface area contributed by atoms with Crippen LogP contribution < -0.4 is 15.0 Å². The lowest BCUT2D eigenvalue weighted by atomic mass is 10.0. The van der Waals surface area contributed by atoms with E-state index in [1.807, 2.05) is 36.4 Å². The van der Waals surface area contributed by atoms with Gasteiger partial charge in [0.2, 0.25) is 5.88 Å². The van der Waals surface area contributed by atoms with Gasteiger partial charge in [-0.05, 0) is 59.3 Å². The summed E-state index contributed by atoms with van der Waals surface area (Å²) in [5.74, 6) is 2.14. The number of carbonyl (C=O) groups is 1. The molecule has 9 heteroatoms. The van der Waals surface area contributed by atoms with Gasteiger partial charge in [0.15, 0.2) is 5.78 Å². The largest absolute Gasteiger partial charge is 0.481 e. The Hall–Kier alpha value is -3.59. The van der Waals surface area contributed by atoms with Gasteiger partial charge in [-0.15, -0.1) is 0 Å². The lowest BCUT2D eigenvalue weighted by Gasteiger charge is -2.41. The summed E-state index contributed by atoms with van der Waals surface area (Å²) in [6.45, 7) is 3.12. The number of carbonyl (C=O) groups excluding carboxylic acids is 1. The first-order chi connectivity index (χ1) is 16.0. The van der Waals surface area contributed by atoms with E-state index < -0.39 is 0 Å². The topological polar surface area (TPSA) is 93.1 Å². The maximum absolute atomic E-state index is 11.9.